The molecule has 84 valence electrons. The molecule has 4 nitrogen and oxygen atoms in total. The van der Waals surface area contributed by atoms with Crippen LogP contribution < -0.4 is 5.32 Å². The molecule has 16 heavy (non-hydrogen) atoms. The average molecular weight is 235 g/mol. The fourth-order valence-electron chi connectivity index (χ4n) is 1.47. The van der Waals surface area contributed by atoms with Crippen LogP contribution in [0.1, 0.15) is 12.5 Å². The van der Waals surface area contributed by atoms with E-state index < -0.39 is 5.54 Å². The number of aliphatic hydroxyl groups is 1. The SMILES string of the molecule is CC(CO)(Nc1nncs1)c1ccccc1. The number of nitrogens with one attached hydrogen (secondary N) is 1. The zero-order valence-electron chi connectivity index (χ0n) is 8.92. The number of rotatable bonds is 4. The van der Waals surface area contributed by atoms with Crippen molar-refractivity contribution in [2.24, 2.45) is 0 Å². The summed E-state index contributed by atoms with van der Waals surface area (Å²) in [5, 5.41) is 21.1. The lowest BCUT2D eigenvalue weighted by Crippen LogP contribution is -2.35. The summed E-state index contributed by atoms with van der Waals surface area (Å²) in [6.07, 6.45) is 0. The van der Waals surface area contributed by atoms with Gasteiger partial charge in [-0.1, -0.05) is 41.7 Å². The maximum Gasteiger partial charge on any atom is 0.206 e. The third-order valence-corrected chi connectivity index (χ3v) is 3.08. The van der Waals surface area contributed by atoms with Crippen molar-refractivity contribution in [2.75, 3.05) is 11.9 Å². The first-order valence-electron chi connectivity index (χ1n) is 4.95. The highest BCUT2D eigenvalue weighted by Crippen LogP contribution is 2.25. The average Bonchev–Trinajstić information content (AvgIpc) is 2.83. The molecule has 0 aliphatic rings. The number of benzene rings is 1. The lowest BCUT2D eigenvalue weighted by atomic mass is 9.93. The monoisotopic (exact) mass is 235 g/mol. The van der Waals surface area contributed by atoms with Crippen LogP contribution in [0.25, 0.3) is 0 Å². The summed E-state index contributed by atoms with van der Waals surface area (Å²) < 4.78 is 0. The van der Waals surface area contributed by atoms with Gasteiger partial charge in [0, 0.05) is 0 Å². The molecule has 0 aliphatic carbocycles. The number of hydrogen-bond donors (Lipinski definition) is 2. The number of aliphatic hydroxyl groups excluding tert-OH is 1. The second-order valence-electron chi connectivity index (χ2n) is 3.73. The Balaban J connectivity index is 2.26. The number of nitrogens with zero attached hydrogens (tertiary/aromatic N) is 2. The molecule has 1 unspecified atom stereocenters. The van der Waals surface area contributed by atoms with Crippen LogP contribution in [0.15, 0.2) is 35.8 Å². The minimum absolute atomic E-state index is 0.00338. The van der Waals surface area contributed by atoms with E-state index in [0.717, 1.165) is 5.56 Å². The fourth-order valence-corrected chi connectivity index (χ4v) is 2.05. The van der Waals surface area contributed by atoms with Gasteiger partial charge in [0.15, 0.2) is 0 Å². The molecule has 2 rings (SSSR count). The topological polar surface area (TPSA) is 58.0 Å². The quantitative estimate of drug-likeness (QED) is 0.849. The third kappa shape index (κ3) is 2.20. The van der Waals surface area contributed by atoms with E-state index in [2.05, 4.69) is 15.5 Å². The lowest BCUT2D eigenvalue weighted by molar-refractivity contribution is 0.224. The maximum absolute atomic E-state index is 9.53. The molecule has 0 saturated heterocycles. The molecule has 0 saturated carbocycles. The molecular weight excluding hydrogens is 222 g/mol. The van der Waals surface area contributed by atoms with E-state index in [0.29, 0.717) is 5.13 Å². The Morgan fingerprint density at radius 2 is 2.12 bits per heavy atom. The molecule has 1 heterocycles. The molecule has 5 heteroatoms. The van der Waals surface area contributed by atoms with Crippen molar-refractivity contribution in [3.63, 3.8) is 0 Å². The second-order valence-corrected chi connectivity index (χ2v) is 4.56. The van der Waals surface area contributed by atoms with E-state index in [1.165, 1.54) is 11.3 Å². The molecular formula is C11H13N3OS. The van der Waals surface area contributed by atoms with Crippen LogP contribution in [0.5, 0.6) is 0 Å². The zero-order chi connectivity index (χ0) is 11.4. The smallest absolute Gasteiger partial charge is 0.206 e. The second kappa shape index (κ2) is 4.59. The van der Waals surface area contributed by atoms with Crippen LogP contribution in [0.3, 0.4) is 0 Å². The van der Waals surface area contributed by atoms with Crippen molar-refractivity contribution in [1.29, 1.82) is 0 Å². The molecule has 1 aromatic heterocycles. The van der Waals surface area contributed by atoms with Crippen molar-refractivity contribution < 1.29 is 5.11 Å². The van der Waals surface area contributed by atoms with Gasteiger partial charge in [-0.25, -0.2) is 0 Å². The molecule has 0 amide bonds. The van der Waals surface area contributed by atoms with Crippen LogP contribution in [0.4, 0.5) is 5.13 Å². The van der Waals surface area contributed by atoms with Crippen LogP contribution in [0, 0.1) is 0 Å². The van der Waals surface area contributed by atoms with Crippen molar-refractivity contribution in [3.05, 3.63) is 41.4 Å². The van der Waals surface area contributed by atoms with Gasteiger partial charge in [-0.15, -0.1) is 10.2 Å². The summed E-state index contributed by atoms with van der Waals surface area (Å²) in [6, 6.07) is 9.80. The summed E-state index contributed by atoms with van der Waals surface area (Å²) in [7, 11) is 0. The minimum Gasteiger partial charge on any atom is -0.394 e. The Bertz CT molecular complexity index is 432. The van der Waals surface area contributed by atoms with E-state index in [-0.39, 0.29) is 6.61 Å². The summed E-state index contributed by atoms with van der Waals surface area (Å²) in [4.78, 5) is 0. The highest BCUT2D eigenvalue weighted by molar-refractivity contribution is 7.13. The maximum atomic E-state index is 9.53. The van der Waals surface area contributed by atoms with Gasteiger partial charge in [-0.2, -0.15) is 0 Å². The van der Waals surface area contributed by atoms with Crippen molar-refractivity contribution in [1.82, 2.24) is 10.2 Å². The van der Waals surface area contributed by atoms with Gasteiger partial charge in [0.05, 0.1) is 12.1 Å². The first-order chi connectivity index (χ1) is 7.74. The number of hydrogen-bond acceptors (Lipinski definition) is 5. The van der Waals surface area contributed by atoms with Gasteiger partial charge < -0.3 is 10.4 Å². The normalized spacial score (nSPS) is 14.4. The molecule has 2 aromatic rings. The summed E-state index contributed by atoms with van der Waals surface area (Å²) >= 11 is 1.42. The standard InChI is InChI=1S/C11H13N3OS/c1-11(7-15,9-5-3-2-4-6-9)13-10-14-12-8-16-10/h2-6,8,15H,7H2,1H3,(H,13,14). The van der Waals surface area contributed by atoms with Gasteiger partial charge in [0.1, 0.15) is 5.51 Å². The van der Waals surface area contributed by atoms with E-state index in [1.807, 2.05) is 37.3 Å². The van der Waals surface area contributed by atoms with E-state index in [1.54, 1.807) is 5.51 Å². The van der Waals surface area contributed by atoms with Crippen LogP contribution in [-0.2, 0) is 5.54 Å². The highest BCUT2D eigenvalue weighted by Gasteiger charge is 2.26. The van der Waals surface area contributed by atoms with E-state index in [9.17, 15) is 5.11 Å². The Hall–Kier alpha value is -1.46. The predicted molar refractivity (Wildman–Crippen MR) is 64.4 cm³/mol. The van der Waals surface area contributed by atoms with Crippen LogP contribution >= 0.6 is 11.3 Å². The molecule has 1 aromatic carbocycles. The predicted octanol–water partition coefficient (Wildman–Crippen LogP) is 1.86. The number of aromatic nitrogens is 2. The molecule has 1 atom stereocenters. The molecule has 0 radical (unpaired) electrons. The van der Waals surface area contributed by atoms with Gasteiger partial charge in [0.25, 0.3) is 0 Å². The van der Waals surface area contributed by atoms with Gasteiger partial charge in [0.2, 0.25) is 5.13 Å². The van der Waals surface area contributed by atoms with Gasteiger partial charge >= 0.3 is 0 Å². The van der Waals surface area contributed by atoms with Crippen LogP contribution in [0.2, 0.25) is 0 Å². The largest absolute Gasteiger partial charge is 0.394 e. The molecule has 2 N–H and O–H groups in total. The summed E-state index contributed by atoms with van der Waals surface area (Å²) in [6.45, 7) is 1.93. The number of anilines is 1. The van der Waals surface area contributed by atoms with E-state index >= 15 is 0 Å². The van der Waals surface area contributed by atoms with Crippen molar-refractivity contribution in [3.8, 4) is 0 Å². The zero-order valence-corrected chi connectivity index (χ0v) is 9.74. The lowest BCUT2D eigenvalue weighted by Gasteiger charge is -2.28. The third-order valence-electron chi connectivity index (χ3n) is 2.47. The first kappa shape index (κ1) is 11.0. The van der Waals surface area contributed by atoms with E-state index in [4.69, 9.17) is 0 Å². The van der Waals surface area contributed by atoms with Gasteiger partial charge in [-0.3, -0.25) is 0 Å². The Kier molecular flexibility index (Phi) is 3.17. The minimum atomic E-state index is -0.527. The Morgan fingerprint density at radius 3 is 2.69 bits per heavy atom. The van der Waals surface area contributed by atoms with Crippen molar-refractivity contribution >= 4 is 16.5 Å². The summed E-state index contributed by atoms with van der Waals surface area (Å²) in [5.41, 5.74) is 2.15. The van der Waals surface area contributed by atoms with Gasteiger partial charge in [-0.05, 0) is 12.5 Å². The van der Waals surface area contributed by atoms with Crippen molar-refractivity contribution in [2.45, 2.75) is 12.5 Å². The summed E-state index contributed by atoms with van der Waals surface area (Å²) in [5.74, 6) is 0. The molecule has 0 aliphatic heterocycles. The fraction of sp³-hybridized carbons (Fsp3) is 0.273. The first-order valence-corrected chi connectivity index (χ1v) is 5.83. The molecule has 0 bridgehead atoms. The molecule has 0 spiro atoms. The molecule has 0 fully saturated rings. The highest BCUT2D eigenvalue weighted by atomic mass is 32.1. The Labute approximate surface area is 98.0 Å². The Morgan fingerprint density at radius 1 is 1.38 bits per heavy atom. The van der Waals surface area contributed by atoms with Crippen LogP contribution in [-0.4, -0.2) is 21.9 Å².